The third-order valence-electron chi connectivity index (χ3n) is 8.34. The van der Waals surface area contributed by atoms with E-state index in [-0.39, 0.29) is 17.4 Å². The number of hydrogen-bond donors (Lipinski definition) is 5. The number of hydrogen-bond acceptors (Lipinski definition) is 7. The zero-order valence-corrected chi connectivity index (χ0v) is 26.4. The summed E-state index contributed by atoms with van der Waals surface area (Å²) in [5.41, 5.74) is 11.7. The lowest BCUT2D eigenvalue weighted by Gasteiger charge is -2.21. The number of unbranched alkanes of at least 4 members (excludes halogenated alkanes) is 1. The highest BCUT2D eigenvalue weighted by molar-refractivity contribution is 5.87. The molecule has 0 spiro atoms. The predicted molar refractivity (Wildman–Crippen MR) is 184 cm³/mol. The topological polar surface area (TPSA) is 124 Å². The van der Waals surface area contributed by atoms with Crippen LogP contribution in [0.25, 0.3) is 10.9 Å². The molecule has 0 bridgehead atoms. The van der Waals surface area contributed by atoms with Crippen LogP contribution in [0.1, 0.15) is 59.7 Å². The number of aromatic hydroxyl groups is 1. The smallest absolute Gasteiger partial charge is 0.248 e. The van der Waals surface area contributed by atoms with E-state index in [0.717, 1.165) is 61.5 Å². The molecule has 8 heteroatoms. The Balaban J connectivity index is 1.02. The fourth-order valence-corrected chi connectivity index (χ4v) is 5.65. The molecule has 4 aromatic carbocycles. The number of pyridine rings is 1. The van der Waals surface area contributed by atoms with E-state index in [2.05, 4.69) is 46.4 Å². The number of aromatic nitrogens is 1. The van der Waals surface area contributed by atoms with Gasteiger partial charge < -0.3 is 31.0 Å². The second-order valence-electron chi connectivity index (χ2n) is 11.6. The molecule has 0 saturated heterocycles. The van der Waals surface area contributed by atoms with Crippen molar-refractivity contribution < 1.29 is 14.9 Å². The van der Waals surface area contributed by atoms with Gasteiger partial charge in [0, 0.05) is 24.5 Å². The Morgan fingerprint density at radius 2 is 1.65 bits per heavy atom. The molecule has 8 nitrogen and oxygen atoms in total. The normalized spacial score (nSPS) is 12.8. The number of rotatable bonds is 16. The molecule has 0 aliphatic rings. The Hall–Kier alpha value is -4.47. The van der Waals surface area contributed by atoms with Crippen molar-refractivity contribution in [2.45, 2.75) is 45.1 Å². The number of nitrogens with zero attached hydrogens (tertiary/aromatic N) is 1. The lowest BCUT2D eigenvalue weighted by atomic mass is 10.00. The Morgan fingerprint density at radius 1 is 0.891 bits per heavy atom. The summed E-state index contributed by atoms with van der Waals surface area (Å²) in [6.07, 6.45) is 1.28. The molecule has 46 heavy (non-hydrogen) atoms. The van der Waals surface area contributed by atoms with Gasteiger partial charge in [-0.15, -0.1) is 0 Å². The summed E-state index contributed by atoms with van der Waals surface area (Å²) in [7, 11) is 0. The Labute approximate surface area is 270 Å². The van der Waals surface area contributed by atoms with E-state index in [0.29, 0.717) is 29.6 Å². The van der Waals surface area contributed by atoms with Gasteiger partial charge in [0.2, 0.25) is 5.56 Å². The number of benzene rings is 4. The molecule has 240 valence electrons. The first-order valence-corrected chi connectivity index (χ1v) is 16.0. The van der Waals surface area contributed by atoms with Gasteiger partial charge in [0.05, 0.1) is 17.7 Å². The van der Waals surface area contributed by atoms with Gasteiger partial charge in [-0.2, -0.15) is 0 Å². The van der Waals surface area contributed by atoms with Crippen LogP contribution in [-0.2, 0) is 13.2 Å². The Bertz CT molecular complexity index is 1740. The number of ether oxygens (including phenoxy) is 1. The summed E-state index contributed by atoms with van der Waals surface area (Å²) in [4.78, 5) is 16.7. The average molecular weight is 621 g/mol. The second kappa shape index (κ2) is 16.2. The highest BCUT2D eigenvalue weighted by Gasteiger charge is 2.14. The van der Waals surface area contributed by atoms with E-state index in [1.54, 1.807) is 12.1 Å². The van der Waals surface area contributed by atoms with Gasteiger partial charge in [0.1, 0.15) is 18.1 Å². The minimum absolute atomic E-state index is 0.00977. The van der Waals surface area contributed by atoms with Crippen LogP contribution in [0.2, 0.25) is 0 Å². The van der Waals surface area contributed by atoms with E-state index in [1.165, 1.54) is 17.7 Å². The van der Waals surface area contributed by atoms with Gasteiger partial charge in [-0.1, -0.05) is 79.7 Å². The van der Waals surface area contributed by atoms with E-state index >= 15 is 0 Å². The van der Waals surface area contributed by atoms with Crippen LogP contribution in [-0.4, -0.2) is 46.3 Å². The summed E-state index contributed by atoms with van der Waals surface area (Å²) < 4.78 is 6.10. The first-order valence-electron chi connectivity index (χ1n) is 16.0. The van der Waals surface area contributed by atoms with Crippen LogP contribution in [0.3, 0.4) is 0 Å². The van der Waals surface area contributed by atoms with Gasteiger partial charge in [-0.3, -0.25) is 9.69 Å². The van der Waals surface area contributed by atoms with Crippen molar-refractivity contribution in [2.24, 2.45) is 5.73 Å². The van der Waals surface area contributed by atoms with E-state index in [4.69, 9.17) is 10.5 Å². The molecule has 0 amide bonds. The molecular formula is C38H44N4O4. The molecule has 2 atom stereocenters. The van der Waals surface area contributed by atoms with Gasteiger partial charge in [-0.05, 0) is 84.6 Å². The van der Waals surface area contributed by atoms with Gasteiger partial charge in [0.15, 0.2) is 0 Å². The molecule has 0 aliphatic heterocycles. The molecule has 1 heterocycles. The number of aromatic amines is 1. The molecule has 0 radical (unpaired) electrons. The fourth-order valence-electron chi connectivity index (χ4n) is 5.65. The maximum absolute atomic E-state index is 11.6. The first kappa shape index (κ1) is 32.9. The molecule has 0 saturated carbocycles. The van der Waals surface area contributed by atoms with Crippen molar-refractivity contribution >= 4 is 10.9 Å². The van der Waals surface area contributed by atoms with E-state index in [1.807, 2.05) is 54.6 Å². The molecule has 0 aliphatic carbocycles. The highest BCUT2D eigenvalue weighted by Crippen LogP contribution is 2.28. The van der Waals surface area contributed by atoms with Crippen molar-refractivity contribution in [2.75, 3.05) is 26.2 Å². The van der Waals surface area contributed by atoms with Gasteiger partial charge in [0.25, 0.3) is 0 Å². The van der Waals surface area contributed by atoms with Crippen molar-refractivity contribution in [3.05, 3.63) is 141 Å². The first-order chi connectivity index (χ1) is 22.4. The molecule has 5 aromatic rings. The number of aliphatic hydroxyl groups is 1. The van der Waals surface area contributed by atoms with Crippen LogP contribution < -0.4 is 21.3 Å². The monoisotopic (exact) mass is 620 g/mol. The summed E-state index contributed by atoms with van der Waals surface area (Å²) in [6, 6.07) is 32.7. The second-order valence-corrected chi connectivity index (χ2v) is 11.6. The number of fused-ring (bicyclic) bond motifs is 1. The van der Waals surface area contributed by atoms with Crippen molar-refractivity contribution in [3.63, 3.8) is 0 Å². The van der Waals surface area contributed by atoms with Crippen LogP contribution in [0.5, 0.6) is 11.5 Å². The third kappa shape index (κ3) is 8.83. The Kier molecular flexibility index (Phi) is 11.6. The van der Waals surface area contributed by atoms with Gasteiger partial charge in [-0.25, -0.2) is 0 Å². The number of phenolic OH excluding ortho intramolecular Hbond substituents is 1. The molecule has 5 rings (SSSR count). The summed E-state index contributed by atoms with van der Waals surface area (Å²) in [6.45, 7) is 6.70. The minimum atomic E-state index is -0.752. The van der Waals surface area contributed by atoms with Crippen LogP contribution in [0, 0.1) is 0 Å². The fraction of sp³-hybridized carbons (Fsp3) is 0.289. The number of nitrogens with two attached hydrogens (primary N) is 1. The lowest BCUT2D eigenvalue weighted by molar-refractivity contribution is 0.176. The van der Waals surface area contributed by atoms with Crippen LogP contribution in [0.15, 0.2) is 108 Å². The van der Waals surface area contributed by atoms with Gasteiger partial charge >= 0.3 is 0 Å². The van der Waals surface area contributed by atoms with E-state index in [9.17, 15) is 15.0 Å². The maximum atomic E-state index is 11.6. The number of phenols is 1. The zero-order chi connectivity index (χ0) is 32.3. The Morgan fingerprint density at radius 3 is 2.43 bits per heavy atom. The quantitative estimate of drug-likeness (QED) is 0.0886. The SMILES string of the molecule is CCN(CCCCNCC(O)c1ccc(O)c2[nH]c(=O)ccc12)Cc1ccc(COc2cccc(C(N)c3ccccc3)c2)cc1. The minimum Gasteiger partial charge on any atom is -0.506 e. The molecular weight excluding hydrogens is 576 g/mol. The molecule has 6 N–H and O–H groups in total. The zero-order valence-electron chi connectivity index (χ0n) is 26.4. The van der Waals surface area contributed by atoms with Crippen LogP contribution >= 0.6 is 0 Å². The molecule has 2 unspecified atom stereocenters. The summed E-state index contributed by atoms with van der Waals surface area (Å²) in [5.74, 6) is 0.796. The third-order valence-corrected chi connectivity index (χ3v) is 8.34. The number of aliphatic hydroxyl groups excluding tert-OH is 1. The molecule has 0 fully saturated rings. The largest absolute Gasteiger partial charge is 0.506 e. The van der Waals surface area contributed by atoms with Crippen molar-refractivity contribution in [3.8, 4) is 11.5 Å². The lowest BCUT2D eigenvalue weighted by Crippen LogP contribution is -2.26. The summed E-state index contributed by atoms with van der Waals surface area (Å²) >= 11 is 0. The highest BCUT2D eigenvalue weighted by atomic mass is 16.5. The van der Waals surface area contributed by atoms with E-state index < -0.39 is 6.10 Å². The standard InChI is InChI=1S/C38H44N4O4/c1-2-42(22-7-6-21-40-24-35(44)32-17-19-34(43)38-33(32)18-20-36(45)41-38)25-27-13-15-28(16-14-27)26-46-31-12-8-11-30(23-31)37(39)29-9-4-3-5-10-29/h3-5,8-20,23,35,37,40,43-44H,2,6-7,21-22,24-26,39H2,1H3,(H,41,45). The van der Waals surface area contributed by atoms with Crippen molar-refractivity contribution in [1.82, 2.24) is 15.2 Å². The van der Waals surface area contributed by atoms with Crippen molar-refractivity contribution in [1.29, 1.82) is 0 Å². The summed E-state index contributed by atoms with van der Waals surface area (Å²) in [5, 5.41) is 24.8. The van der Waals surface area contributed by atoms with Crippen LogP contribution in [0.4, 0.5) is 0 Å². The maximum Gasteiger partial charge on any atom is 0.248 e. The molecule has 1 aromatic heterocycles. The number of nitrogens with one attached hydrogen (secondary N) is 2. The average Bonchev–Trinajstić information content (AvgIpc) is 3.09. The predicted octanol–water partition coefficient (Wildman–Crippen LogP) is 5.79. The number of H-pyrrole nitrogens is 1.